The molecule has 0 bridgehead atoms. The molecule has 14 heavy (non-hydrogen) atoms. The summed E-state index contributed by atoms with van der Waals surface area (Å²) in [7, 11) is 1.61. The number of aliphatic hydroxyl groups excluding tert-OH is 1. The summed E-state index contributed by atoms with van der Waals surface area (Å²) in [6, 6.07) is 0.560. The number of aliphatic hydroxyl groups is 1. The molecule has 0 aromatic heterocycles. The minimum atomic E-state index is -0.328. The second-order valence-electron chi connectivity index (χ2n) is 3.90. The molecule has 0 saturated carbocycles. The Kier molecular flexibility index (Phi) is 9.35. The third-order valence-electron chi connectivity index (χ3n) is 2.32. The summed E-state index contributed by atoms with van der Waals surface area (Å²) < 4.78 is 4.85. The van der Waals surface area contributed by atoms with Crippen molar-refractivity contribution in [3.63, 3.8) is 0 Å². The molecule has 0 amide bonds. The SMILES string of the molecule is CCCCC(C)NCCC(O)COC. The first-order chi connectivity index (χ1) is 6.70. The van der Waals surface area contributed by atoms with Gasteiger partial charge in [0.1, 0.15) is 0 Å². The van der Waals surface area contributed by atoms with Crippen molar-refractivity contribution >= 4 is 0 Å². The first-order valence-corrected chi connectivity index (χ1v) is 5.61. The van der Waals surface area contributed by atoms with E-state index >= 15 is 0 Å². The number of unbranched alkanes of at least 4 members (excludes halogenated alkanes) is 1. The minimum absolute atomic E-state index is 0.328. The third kappa shape index (κ3) is 8.48. The van der Waals surface area contributed by atoms with Crippen LogP contribution >= 0.6 is 0 Å². The van der Waals surface area contributed by atoms with Gasteiger partial charge in [-0.25, -0.2) is 0 Å². The topological polar surface area (TPSA) is 41.5 Å². The smallest absolute Gasteiger partial charge is 0.0785 e. The molecule has 0 aliphatic carbocycles. The van der Waals surface area contributed by atoms with E-state index in [1.807, 2.05) is 0 Å². The molecule has 86 valence electrons. The maximum absolute atomic E-state index is 9.37. The molecular weight excluding hydrogens is 178 g/mol. The van der Waals surface area contributed by atoms with Gasteiger partial charge in [0.25, 0.3) is 0 Å². The molecule has 0 spiro atoms. The fourth-order valence-corrected chi connectivity index (χ4v) is 1.38. The van der Waals surface area contributed by atoms with E-state index in [1.165, 1.54) is 19.3 Å². The Morgan fingerprint density at radius 2 is 2.07 bits per heavy atom. The van der Waals surface area contributed by atoms with Crippen molar-refractivity contribution in [2.24, 2.45) is 0 Å². The highest BCUT2D eigenvalue weighted by Crippen LogP contribution is 1.99. The van der Waals surface area contributed by atoms with E-state index in [-0.39, 0.29) is 6.10 Å². The van der Waals surface area contributed by atoms with Gasteiger partial charge in [-0.15, -0.1) is 0 Å². The van der Waals surface area contributed by atoms with Crippen molar-refractivity contribution in [2.75, 3.05) is 20.3 Å². The summed E-state index contributed by atoms with van der Waals surface area (Å²) in [5.74, 6) is 0. The molecule has 0 aliphatic rings. The molecule has 0 aliphatic heterocycles. The number of hydrogen-bond acceptors (Lipinski definition) is 3. The van der Waals surface area contributed by atoms with Gasteiger partial charge < -0.3 is 15.2 Å². The Balaban J connectivity index is 3.25. The van der Waals surface area contributed by atoms with Crippen LogP contribution in [-0.2, 0) is 4.74 Å². The van der Waals surface area contributed by atoms with E-state index in [4.69, 9.17) is 4.74 Å². The molecule has 2 N–H and O–H groups in total. The summed E-state index contributed by atoms with van der Waals surface area (Å²) in [5.41, 5.74) is 0. The normalized spacial score (nSPS) is 15.4. The Morgan fingerprint density at radius 3 is 2.64 bits per heavy atom. The maximum atomic E-state index is 9.37. The largest absolute Gasteiger partial charge is 0.391 e. The predicted octanol–water partition coefficient (Wildman–Crippen LogP) is 1.55. The molecule has 0 heterocycles. The number of nitrogens with one attached hydrogen (secondary N) is 1. The molecule has 2 atom stereocenters. The Morgan fingerprint density at radius 1 is 1.36 bits per heavy atom. The van der Waals surface area contributed by atoms with Gasteiger partial charge in [-0.2, -0.15) is 0 Å². The van der Waals surface area contributed by atoms with Gasteiger partial charge in [0.15, 0.2) is 0 Å². The lowest BCUT2D eigenvalue weighted by molar-refractivity contribution is 0.0590. The van der Waals surface area contributed by atoms with Gasteiger partial charge in [0.2, 0.25) is 0 Å². The molecule has 0 fully saturated rings. The van der Waals surface area contributed by atoms with E-state index in [1.54, 1.807) is 7.11 Å². The van der Waals surface area contributed by atoms with Crippen molar-refractivity contribution < 1.29 is 9.84 Å². The first-order valence-electron chi connectivity index (χ1n) is 5.61. The van der Waals surface area contributed by atoms with Crippen LogP contribution in [0.15, 0.2) is 0 Å². The van der Waals surface area contributed by atoms with E-state index < -0.39 is 0 Å². The zero-order chi connectivity index (χ0) is 10.8. The molecule has 0 radical (unpaired) electrons. The van der Waals surface area contributed by atoms with Crippen molar-refractivity contribution in [1.82, 2.24) is 5.32 Å². The number of methoxy groups -OCH3 is 1. The number of hydrogen-bond donors (Lipinski definition) is 2. The molecule has 0 rings (SSSR count). The second-order valence-corrected chi connectivity index (χ2v) is 3.90. The fraction of sp³-hybridized carbons (Fsp3) is 1.00. The summed E-state index contributed by atoms with van der Waals surface area (Å²) in [6.45, 7) is 5.70. The Bertz CT molecular complexity index is 120. The van der Waals surface area contributed by atoms with Crippen LogP contribution < -0.4 is 5.32 Å². The predicted molar refractivity (Wildman–Crippen MR) is 59.5 cm³/mol. The average molecular weight is 203 g/mol. The minimum Gasteiger partial charge on any atom is -0.391 e. The van der Waals surface area contributed by atoms with Gasteiger partial charge in [0, 0.05) is 13.2 Å². The summed E-state index contributed by atoms with van der Waals surface area (Å²) in [5, 5.41) is 12.8. The van der Waals surface area contributed by atoms with E-state index in [2.05, 4.69) is 19.2 Å². The van der Waals surface area contributed by atoms with Gasteiger partial charge in [-0.3, -0.25) is 0 Å². The average Bonchev–Trinajstić information content (AvgIpc) is 2.15. The van der Waals surface area contributed by atoms with Crippen LogP contribution in [0.4, 0.5) is 0 Å². The van der Waals surface area contributed by atoms with Crippen molar-refractivity contribution in [3.05, 3.63) is 0 Å². The van der Waals surface area contributed by atoms with Crippen LogP contribution in [0, 0.1) is 0 Å². The first kappa shape index (κ1) is 13.9. The Hall–Kier alpha value is -0.120. The second kappa shape index (κ2) is 9.44. The van der Waals surface area contributed by atoms with Crippen LogP contribution in [0.25, 0.3) is 0 Å². The van der Waals surface area contributed by atoms with Crippen LogP contribution in [0.2, 0.25) is 0 Å². The molecule has 3 nitrogen and oxygen atoms in total. The molecular formula is C11H25NO2. The summed E-state index contributed by atoms with van der Waals surface area (Å²) in [6.07, 6.45) is 4.18. The van der Waals surface area contributed by atoms with Crippen molar-refractivity contribution in [2.45, 2.75) is 51.7 Å². The lowest BCUT2D eigenvalue weighted by Crippen LogP contribution is -2.30. The summed E-state index contributed by atoms with van der Waals surface area (Å²) >= 11 is 0. The van der Waals surface area contributed by atoms with Crippen LogP contribution in [-0.4, -0.2) is 37.5 Å². The number of rotatable bonds is 9. The fourth-order valence-electron chi connectivity index (χ4n) is 1.38. The highest BCUT2D eigenvalue weighted by atomic mass is 16.5. The van der Waals surface area contributed by atoms with Gasteiger partial charge in [0.05, 0.1) is 12.7 Å². The van der Waals surface area contributed by atoms with E-state index in [9.17, 15) is 5.11 Å². The Labute approximate surface area is 87.8 Å². The van der Waals surface area contributed by atoms with Gasteiger partial charge in [-0.1, -0.05) is 19.8 Å². The zero-order valence-corrected chi connectivity index (χ0v) is 9.75. The highest BCUT2D eigenvalue weighted by molar-refractivity contribution is 4.63. The lowest BCUT2D eigenvalue weighted by Gasteiger charge is -2.15. The highest BCUT2D eigenvalue weighted by Gasteiger charge is 2.04. The molecule has 2 unspecified atom stereocenters. The van der Waals surface area contributed by atoms with Crippen LogP contribution in [0.5, 0.6) is 0 Å². The molecule has 0 aromatic carbocycles. The monoisotopic (exact) mass is 203 g/mol. The van der Waals surface area contributed by atoms with Crippen LogP contribution in [0.3, 0.4) is 0 Å². The van der Waals surface area contributed by atoms with Crippen molar-refractivity contribution in [1.29, 1.82) is 0 Å². The quantitative estimate of drug-likeness (QED) is 0.597. The molecule has 3 heteroatoms. The lowest BCUT2D eigenvalue weighted by atomic mass is 10.1. The summed E-state index contributed by atoms with van der Waals surface area (Å²) in [4.78, 5) is 0. The number of ether oxygens (including phenoxy) is 1. The van der Waals surface area contributed by atoms with Crippen molar-refractivity contribution in [3.8, 4) is 0 Å². The molecule has 0 aromatic rings. The van der Waals surface area contributed by atoms with Gasteiger partial charge >= 0.3 is 0 Å². The van der Waals surface area contributed by atoms with E-state index in [0.717, 1.165) is 13.0 Å². The van der Waals surface area contributed by atoms with E-state index in [0.29, 0.717) is 12.6 Å². The van der Waals surface area contributed by atoms with Crippen LogP contribution in [0.1, 0.15) is 39.5 Å². The maximum Gasteiger partial charge on any atom is 0.0785 e. The molecule has 0 saturated heterocycles. The van der Waals surface area contributed by atoms with Gasteiger partial charge in [-0.05, 0) is 26.3 Å². The standard InChI is InChI=1S/C11H25NO2/c1-4-5-6-10(2)12-8-7-11(13)9-14-3/h10-13H,4-9H2,1-3H3. The third-order valence-corrected chi connectivity index (χ3v) is 2.32. The zero-order valence-electron chi connectivity index (χ0n) is 9.75.